The van der Waals surface area contributed by atoms with E-state index < -0.39 is 0 Å². The highest BCUT2D eigenvalue weighted by molar-refractivity contribution is 5.77. The highest BCUT2D eigenvalue weighted by Crippen LogP contribution is 2.44. The molecule has 0 radical (unpaired) electrons. The fraction of sp³-hybridized carbons (Fsp3) is 0.333. The van der Waals surface area contributed by atoms with Gasteiger partial charge in [-0.2, -0.15) is 0 Å². The summed E-state index contributed by atoms with van der Waals surface area (Å²) in [6.45, 7) is 2.04. The number of fused-ring (bicyclic) bond motifs is 1. The van der Waals surface area contributed by atoms with Gasteiger partial charge in [0.1, 0.15) is 17.4 Å². The number of aromatic nitrogens is 1. The molecule has 2 heterocycles. The van der Waals surface area contributed by atoms with Crippen LogP contribution in [0.15, 0.2) is 41.7 Å². The summed E-state index contributed by atoms with van der Waals surface area (Å²) < 4.78 is 11.1. The van der Waals surface area contributed by atoms with Crippen LogP contribution in [0.5, 0.6) is 5.75 Å². The minimum atomic E-state index is -0.275. The summed E-state index contributed by atoms with van der Waals surface area (Å²) in [5, 5.41) is 0. The van der Waals surface area contributed by atoms with Crippen molar-refractivity contribution in [1.82, 2.24) is 4.98 Å². The molecule has 2 aliphatic rings. The SMILES string of the molecule is COc1cnccc1-c1cccc2c1CC1(C2)N=C(N)OC1C. The van der Waals surface area contributed by atoms with Crippen molar-refractivity contribution in [2.75, 3.05) is 7.11 Å². The van der Waals surface area contributed by atoms with Gasteiger partial charge in [-0.1, -0.05) is 18.2 Å². The zero-order valence-electron chi connectivity index (χ0n) is 13.2. The predicted octanol–water partition coefficient (Wildman–Crippen LogP) is 2.33. The van der Waals surface area contributed by atoms with E-state index in [0.717, 1.165) is 24.2 Å². The van der Waals surface area contributed by atoms with Gasteiger partial charge in [0.2, 0.25) is 0 Å². The van der Waals surface area contributed by atoms with E-state index >= 15 is 0 Å². The number of hydrogen-bond acceptors (Lipinski definition) is 5. The Balaban J connectivity index is 1.83. The molecule has 2 atom stereocenters. The second kappa shape index (κ2) is 4.98. The number of nitrogens with two attached hydrogens (primary N) is 1. The van der Waals surface area contributed by atoms with Crippen molar-refractivity contribution in [1.29, 1.82) is 0 Å². The summed E-state index contributed by atoms with van der Waals surface area (Å²) in [5.41, 5.74) is 10.4. The standard InChI is InChI=1S/C18H19N3O2/c1-11-18(21-17(19)23-11)8-12-4-3-5-13(15(12)9-18)14-6-7-20-10-16(14)22-2/h3-7,10-11H,8-9H2,1-2H3,(H2,19,21). The molecule has 1 spiro atoms. The van der Waals surface area contributed by atoms with Crippen LogP contribution in [0.3, 0.4) is 0 Å². The molecule has 5 nitrogen and oxygen atoms in total. The summed E-state index contributed by atoms with van der Waals surface area (Å²) in [6.07, 6.45) is 5.20. The first-order valence-electron chi connectivity index (χ1n) is 7.74. The van der Waals surface area contributed by atoms with Gasteiger partial charge in [0, 0.05) is 24.6 Å². The maximum Gasteiger partial charge on any atom is 0.282 e. The van der Waals surface area contributed by atoms with E-state index in [9.17, 15) is 0 Å². The normalized spacial score (nSPS) is 25.1. The third-order valence-corrected chi connectivity index (χ3v) is 4.93. The molecule has 2 N–H and O–H groups in total. The van der Waals surface area contributed by atoms with Crippen LogP contribution in [0, 0.1) is 0 Å². The minimum absolute atomic E-state index is 0.0120. The number of pyridine rings is 1. The molecule has 0 fully saturated rings. The molecule has 1 aromatic carbocycles. The topological polar surface area (TPSA) is 69.7 Å². The highest BCUT2D eigenvalue weighted by atomic mass is 16.5. The van der Waals surface area contributed by atoms with Crippen LogP contribution in [-0.2, 0) is 17.6 Å². The van der Waals surface area contributed by atoms with Gasteiger partial charge in [0.05, 0.1) is 13.3 Å². The molecule has 0 amide bonds. The fourth-order valence-electron chi connectivity index (χ4n) is 3.72. The van der Waals surface area contributed by atoms with Crippen molar-refractivity contribution in [2.24, 2.45) is 10.7 Å². The Labute approximate surface area is 135 Å². The summed E-state index contributed by atoms with van der Waals surface area (Å²) in [7, 11) is 1.67. The Kier molecular flexibility index (Phi) is 3.04. The molecule has 1 aliphatic carbocycles. The molecular weight excluding hydrogens is 290 g/mol. The third kappa shape index (κ3) is 2.07. The Morgan fingerprint density at radius 3 is 2.87 bits per heavy atom. The number of nitrogens with zero attached hydrogens (tertiary/aromatic N) is 2. The van der Waals surface area contributed by atoms with E-state index in [-0.39, 0.29) is 11.6 Å². The Morgan fingerprint density at radius 1 is 1.26 bits per heavy atom. The van der Waals surface area contributed by atoms with Crippen molar-refractivity contribution < 1.29 is 9.47 Å². The zero-order chi connectivity index (χ0) is 16.0. The van der Waals surface area contributed by atoms with Crippen molar-refractivity contribution in [3.8, 4) is 16.9 Å². The Hall–Kier alpha value is -2.56. The van der Waals surface area contributed by atoms with E-state index in [2.05, 4.69) is 28.2 Å². The molecule has 0 saturated carbocycles. The van der Waals surface area contributed by atoms with Crippen LogP contribution < -0.4 is 10.5 Å². The number of rotatable bonds is 2. The van der Waals surface area contributed by atoms with E-state index in [1.54, 1.807) is 19.5 Å². The van der Waals surface area contributed by atoms with Gasteiger partial charge in [0.25, 0.3) is 6.02 Å². The molecule has 5 heteroatoms. The Bertz CT molecular complexity index is 803. The van der Waals surface area contributed by atoms with Crippen LogP contribution in [-0.4, -0.2) is 29.8 Å². The summed E-state index contributed by atoms with van der Waals surface area (Å²) in [6, 6.07) is 8.67. The number of methoxy groups -OCH3 is 1. The number of benzene rings is 1. The van der Waals surface area contributed by atoms with Crippen LogP contribution in [0.4, 0.5) is 0 Å². The first-order chi connectivity index (χ1) is 11.1. The van der Waals surface area contributed by atoms with Crippen LogP contribution in [0.25, 0.3) is 11.1 Å². The van der Waals surface area contributed by atoms with Crippen molar-refractivity contribution >= 4 is 6.02 Å². The van der Waals surface area contributed by atoms with Gasteiger partial charge >= 0.3 is 0 Å². The molecule has 0 bridgehead atoms. The molecule has 4 rings (SSSR count). The lowest BCUT2D eigenvalue weighted by Crippen LogP contribution is -2.36. The van der Waals surface area contributed by atoms with Crippen molar-refractivity contribution in [3.05, 3.63) is 47.8 Å². The monoisotopic (exact) mass is 309 g/mol. The van der Waals surface area contributed by atoms with E-state index in [1.165, 1.54) is 16.7 Å². The second-order valence-electron chi connectivity index (χ2n) is 6.19. The molecule has 1 aromatic heterocycles. The number of ether oxygens (including phenoxy) is 2. The van der Waals surface area contributed by atoms with E-state index in [4.69, 9.17) is 15.2 Å². The highest BCUT2D eigenvalue weighted by Gasteiger charge is 2.48. The lowest BCUT2D eigenvalue weighted by molar-refractivity contribution is 0.157. The Morgan fingerprint density at radius 2 is 2.13 bits per heavy atom. The van der Waals surface area contributed by atoms with Crippen molar-refractivity contribution in [3.63, 3.8) is 0 Å². The fourth-order valence-corrected chi connectivity index (χ4v) is 3.72. The molecule has 2 aromatic rings. The van der Waals surface area contributed by atoms with Gasteiger partial charge < -0.3 is 15.2 Å². The summed E-state index contributed by atoms with van der Waals surface area (Å²) in [4.78, 5) is 8.77. The summed E-state index contributed by atoms with van der Waals surface area (Å²) >= 11 is 0. The average Bonchev–Trinajstić information content (AvgIpc) is 3.06. The third-order valence-electron chi connectivity index (χ3n) is 4.93. The average molecular weight is 309 g/mol. The van der Waals surface area contributed by atoms with E-state index in [0.29, 0.717) is 6.02 Å². The van der Waals surface area contributed by atoms with Gasteiger partial charge in [-0.15, -0.1) is 0 Å². The molecule has 2 unspecified atom stereocenters. The molecular formula is C18H19N3O2. The lowest BCUT2D eigenvalue weighted by atomic mass is 9.90. The van der Waals surface area contributed by atoms with Gasteiger partial charge in [0.15, 0.2) is 0 Å². The lowest BCUT2D eigenvalue weighted by Gasteiger charge is -2.23. The maximum absolute atomic E-state index is 5.81. The minimum Gasteiger partial charge on any atom is -0.494 e. The quantitative estimate of drug-likeness (QED) is 0.924. The smallest absolute Gasteiger partial charge is 0.282 e. The second-order valence-corrected chi connectivity index (χ2v) is 6.19. The number of hydrogen-bond donors (Lipinski definition) is 1. The zero-order valence-corrected chi connectivity index (χ0v) is 13.2. The molecule has 0 saturated heterocycles. The van der Waals surface area contributed by atoms with Gasteiger partial charge in [-0.3, -0.25) is 4.98 Å². The van der Waals surface area contributed by atoms with Crippen LogP contribution >= 0.6 is 0 Å². The van der Waals surface area contributed by atoms with E-state index in [1.807, 2.05) is 13.0 Å². The number of aliphatic imine (C=N–C) groups is 1. The van der Waals surface area contributed by atoms with Crippen LogP contribution in [0.1, 0.15) is 18.1 Å². The van der Waals surface area contributed by atoms with Crippen molar-refractivity contribution in [2.45, 2.75) is 31.4 Å². The molecule has 1 aliphatic heterocycles. The predicted molar refractivity (Wildman–Crippen MR) is 88.5 cm³/mol. The maximum atomic E-state index is 5.81. The first-order valence-corrected chi connectivity index (χ1v) is 7.74. The molecule has 118 valence electrons. The van der Waals surface area contributed by atoms with Crippen LogP contribution in [0.2, 0.25) is 0 Å². The largest absolute Gasteiger partial charge is 0.494 e. The number of amidine groups is 1. The van der Waals surface area contributed by atoms with Gasteiger partial charge in [-0.25, -0.2) is 4.99 Å². The first kappa shape index (κ1) is 14.1. The van der Waals surface area contributed by atoms with Gasteiger partial charge in [-0.05, 0) is 29.7 Å². The summed E-state index contributed by atoms with van der Waals surface area (Å²) in [5.74, 6) is 0.778. The molecule has 23 heavy (non-hydrogen) atoms.